The second-order valence-corrected chi connectivity index (χ2v) is 7.64. The topological polar surface area (TPSA) is 46.5 Å². The maximum absolute atomic E-state index is 13.9. The van der Waals surface area contributed by atoms with Crippen molar-refractivity contribution in [3.8, 4) is 0 Å². The molecular weight excluding hydrogens is 350 g/mol. The largest absolute Gasteiger partial charge is 0.512 e. The molecule has 0 bridgehead atoms. The average molecular weight is 374 g/mol. The van der Waals surface area contributed by atoms with Crippen LogP contribution in [0.1, 0.15) is 44.6 Å². The normalized spacial score (nSPS) is 27.7. The minimum atomic E-state index is -1.32. The fourth-order valence-corrected chi connectivity index (χ4v) is 3.53. The number of esters is 1. The Labute approximate surface area is 158 Å². The molecule has 27 heavy (non-hydrogen) atoms. The van der Waals surface area contributed by atoms with E-state index in [1.165, 1.54) is 19.1 Å². The summed E-state index contributed by atoms with van der Waals surface area (Å²) in [7, 11) is 0. The highest BCUT2D eigenvalue weighted by atomic mass is 19.1. The summed E-state index contributed by atoms with van der Waals surface area (Å²) in [6.45, 7) is 1.53. The Bertz CT molecular complexity index is 790. The first kappa shape index (κ1) is 19.3. The molecule has 0 radical (unpaired) electrons. The third kappa shape index (κ3) is 5.28. The molecule has 1 aromatic carbocycles. The number of ether oxygens (including phenoxy) is 1. The molecule has 2 atom stereocenters. The Hall–Kier alpha value is -2.43. The molecule has 3 nitrogen and oxygen atoms in total. The van der Waals surface area contributed by atoms with Gasteiger partial charge in [-0.2, -0.15) is 0 Å². The lowest BCUT2D eigenvalue weighted by atomic mass is 9.83. The van der Waals surface area contributed by atoms with Crippen LogP contribution in [0.4, 0.5) is 8.78 Å². The van der Waals surface area contributed by atoms with Gasteiger partial charge in [0.1, 0.15) is 22.8 Å². The molecule has 2 aliphatic rings. The van der Waals surface area contributed by atoms with Crippen LogP contribution in [-0.4, -0.2) is 22.3 Å². The number of allylic oxidation sites excluding steroid dienone is 4. The van der Waals surface area contributed by atoms with Crippen molar-refractivity contribution in [1.82, 2.24) is 0 Å². The molecule has 3 rings (SSSR count). The van der Waals surface area contributed by atoms with Crippen molar-refractivity contribution in [3.63, 3.8) is 0 Å². The van der Waals surface area contributed by atoms with Crippen molar-refractivity contribution in [1.29, 1.82) is 0 Å². The highest BCUT2D eigenvalue weighted by Gasteiger charge is 2.38. The summed E-state index contributed by atoms with van der Waals surface area (Å²) >= 11 is 0. The monoisotopic (exact) mass is 374 g/mol. The van der Waals surface area contributed by atoms with Crippen LogP contribution in [0.15, 0.2) is 59.9 Å². The summed E-state index contributed by atoms with van der Waals surface area (Å²) in [6, 6.07) is 6.21. The second-order valence-electron chi connectivity index (χ2n) is 7.64. The Morgan fingerprint density at radius 2 is 1.89 bits per heavy atom. The van der Waals surface area contributed by atoms with Gasteiger partial charge in [0, 0.05) is 12.8 Å². The van der Waals surface area contributed by atoms with Crippen molar-refractivity contribution in [2.75, 3.05) is 0 Å². The third-order valence-corrected chi connectivity index (χ3v) is 5.16. The van der Waals surface area contributed by atoms with Gasteiger partial charge in [0.2, 0.25) is 0 Å². The number of carbonyl (C=O) groups excluding carboxylic acids is 1. The number of alkyl halides is 1. The molecule has 144 valence electrons. The molecule has 0 saturated carbocycles. The molecule has 1 aliphatic carbocycles. The van der Waals surface area contributed by atoms with Gasteiger partial charge in [-0.1, -0.05) is 29.9 Å². The van der Waals surface area contributed by atoms with Crippen LogP contribution in [-0.2, 0) is 16.0 Å². The predicted octanol–water partition coefficient (Wildman–Crippen LogP) is 5.28. The van der Waals surface area contributed by atoms with Gasteiger partial charge in [0.05, 0.1) is 6.08 Å². The number of carbonyl (C=O) groups is 1. The molecule has 5 heteroatoms. The molecule has 0 spiro atoms. The number of halogens is 2. The molecule has 2 unspecified atom stereocenters. The van der Waals surface area contributed by atoms with Crippen molar-refractivity contribution >= 4 is 5.97 Å². The van der Waals surface area contributed by atoms with Gasteiger partial charge in [-0.3, -0.25) is 0 Å². The summed E-state index contributed by atoms with van der Waals surface area (Å²) in [4.78, 5) is 11.9. The lowest BCUT2D eigenvalue weighted by Crippen LogP contribution is -2.39. The number of hydrogen-bond donors (Lipinski definition) is 1. The van der Waals surface area contributed by atoms with E-state index in [4.69, 9.17) is 4.74 Å². The van der Waals surface area contributed by atoms with E-state index < -0.39 is 17.2 Å². The van der Waals surface area contributed by atoms with E-state index in [1.807, 2.05) is 6.08 Å². The van der Waals surface area contributed by atoms with Crippen LogP contribution in [0, 0.1) is 5.82 Å². The standard InChI is InChI=1S/C22H24F2O3/c1-21(24)10-6-17(7-11-21)9-13-22(15-19(25)14-20(26)27-22)12-8-16-2-4-18(23)5-3-16/h2-7,10,14,25H,8-9,11-13,15H2,1H3. The van der Waals surface area contributed by atoms with E-state index in [2.05, 4.69) is 0 Å². The molecule has 1 aliphatic heterocycles. The fraction of sp³-hybridized carbons (Fsp3) is 0.409. The van der Waals surface area contributed by atoms with E-state index in [9.17, 15) is 18.7 Å². The Morgan fingerprint density at radius 1 is 1.19 bits per heavy atom. The van der Waals surface area contributed by atoms with Gasteiger partial charge >= 0.3 is 5.97 Å². The van der Waals surface area contributed by atoms with Crippen LogP contribution in [0.5, 0.6) is 0 Å². The van der Waals surface area contributed by atoms with Gasteiger partial charge in [0.15, 0.2) is 0 Å². The number of aryl methyl sites for hydroxylation is 1. The number of benzene rings is 1. The fourth-order valence-electron chi connectivity index (χ4n) is 3.53. The van der Waals surface area contributed by atoms with E-state index in [0.29, 0.717) is 32.1 Å². The van der Waals surface area contributed by atoms with E-state index in [-0.39, 0.29) is 18.0 Å². The van der Waals surface area contributed by atoms with Crippen LogP contribution >= 0.6 is 0 Å². The van der Waals surface area contributed by atoms with E-state index in [1.54, 1.807) is 24.3 Å². The predicted molar refractivity (Wildman–Crippen MR) is 99.5 cm³/mol. The first-order valence-corrected chi connectivity index (χ1v) is 9.20. The zero-order valence-electron chi connectivity index (χ0n) is 15.4. The lowest BCUT2D eigenvalue weighted by molar-refractivity contribution is -0.158. The Morgan fingerprint density at radius 3 is 2.52 bits per heavy atom. The molecule has 0 aromatic heterocycles. The maximum atomic E-state index is 13.9. The lowest BCUT2D eigenvalue weighted by Gasteiger charge is -2.36. The van der Waals surface area contributed by atoms with Crippen molar-refractivity contribution in [2.45, 2.75) is 56.7 Å². The van der Waals surface area contributed by atoms with Crippen molar-refractivity contribution < 1.29 is 23.4 Å². The first-order chi connectivity index (χ1) is 12.8. The Kier molecular flexibility index (Phi) is 5.49. The summed E-state index contributed by atoms with van der Waals surface area (Å²) in [6.07, 6.45) is 9.13. The van der Waals surface area contributed by atoms with Crippen LogP contribution in [0.25, 0.3) is 0 Å². The van der Waals surface area contributed by atoms with Gasteiger partial charge < -0.3 is 9.84 Å². The van der Waals surface area contributed by atoms with E-state index >= 15 is 0 Å². The third-order valence-electron chi connectivity index (χ3n) is 5.16. The number of aliphatic hydroxyl groups is 1. The Balaban J connectivity index is 1.70. The highest BCUT2D eigenvalue weighted by Crippen LogP contribution is 2.36. The molecule has 1 N–H and O–H groups in total. The summed E-state index contributed by atoms with van der Waals surface area (Å²) in [5.74, 6) is -0.841. The van der Waals surface area contributed by atoms with Crippen LogP contribution in [0.3, 0.4) is 0 Å². The minimum absolute atomic E-state index is 0.00913. The maximum Gasteiger partial charge on any atom is 0.334 e. The smallest absolute Gasteiger partial charge is 0.334 e. The van der Waals surface area contributed by atoms with Crippen molar-refractivity contribution in [2.24, 2.45) is 0 Å². The SMILES string of the molecule is CC1(F)C=CC(CCC2(CCc3ccc(F)cc3)CC(O)=CC(=O)O2)=CC1. The zero-order valence-corrected chi connectivity index (χ0v) is 15.4. The summed E-state index contributed by atoms with van der Waals surface area (Å²) in [5.41, 5.74) is -0.209. The molecule has 0 amide bonds. The number of cyclic esters (lactones) is 1. The molecule has 1 aromatic rings. The van der Waals surface area contributed by atoms with Crippen LogP contribution < -0.4 is 0 Å². The van der Waals surface area contributed by atoms with Gasteiger partial charge in [0.25, 0.3) is 0 Å². The zero-order chi connectivity index (χ0) is 19.5. The molecule has 1 heterocycles. The van der Waals surface area contributed by atoms with Crippen molar-refractivity contribution in [3.05, 3.63) is 71.3 Å². The molecular formula is C22H24F2O3. The first-order valence-electron chi connectivity index (χ1n) is 9.20. The summed E-state index contributed by atoms with van der Waals surface area (Å²) in [5, 5.41) is 9.99. The number of hydrogen-bond acceptors (Lipinski definition) is 3. The molecule has 0 saturated heterocycles. The van der Waals surface area contributed by atoms with Gasteiger partial charge in [-0.25, -0.2) is 13.6 Å². The second kappa shape index (κ2) is 7.67. The highest BCUT2D eigenvalue weighted by molar-refractivity contribution is 5.83. The molecule has 0 fully saturated rings. The summed E-state index contributed by atoms with van der Waals surface area (Å²) < 4.78 is 32.6. The number of aliphatic hydroxyl groups excluding tert-OH is 1. The quantitative estimate of drug-likeness (QED) is 0.689. The minimum Gasteiger partial charge on any atom is -0.512 e. The van der Waals surface area contributed by atoms with Crippen LogP contribution in [0.2, 0.25) is 0 Å². The average Bonchev–Trinajstić information content (AvgIpc) is 2.60. The van der Waals surface area contributed by atoms with Gasteiger partial charge in [-0.05, 0) is 56.4 Å². The van der Waals surface area contributed by atoms with E-state index in [0.717, 1.165) is 17.2 Å². The van der Waals surface area contributed by atoms with Gasteiger partial charge in [-0.15, -0.1) is 0 Å². The number of rotatable bonds is 6.